The number of likely N-dealkylation sites (tertiary alicyclic amines) is 1. The van der Waals surface area contributed by atoms with Gasteiger partial charge in [0.05, 0.1) is 0 Å². The molecule has 0 aromatic carbocycles. The van der Waals surface area contributed by atoms with Gasteiger partial charge in [0.15, 0.2) is 0 Å². The van der Waals surface area contributed by atoms with E-state index in [9.17, 15) is 9.59 Å². The molecule has 0 unspecified atom stereocenters. The van der Waals surface area contributed by atoms with E-state index >= 15 is 0 Å². The molecule has 0 aliphatic carbocycles. The van der Waals surface area contributed by atoms with Gasteiger partial charge >= 0.3 is 0 Å². The minimum atomic E-state index is -0.710. The molecule has 1 atom stereocenters. The fourth-order valence-corrected chi connectivity index (χ4v) is 4.10. The van der Waals surface area contributed by atoms with Crippen LogP contribution in [0.5, 0.6) is 0 Å². The van der Waals surface area contributed by atoms with E-state index in [0.717, 1.165) is 24.9 Å². The molecular weight excluding hydrogens is 346 g/mol. The van der Waals surface area contributed by atoms with Gasteiger partial charge in [-0.1, -0.05) is 0 Å². The van der Waals surface area contributed by atoms with Gasteiger partial charge in [0.25, 0.3) is 11.5 Å². The Morgan fingerprint density at radius 1 is 1.30 bits per heavy atom. The Balaban J connectivity index is 1.86. The van der Waals surface area contributed by atoms with Gasteiger partial charge in [-0.05, 0) is 51.9 Å². The van der Waals surface area contributed by atoms with Crippen molar-refractivity contribution >= 4 is 23.2 Å². The number of aromatic nitrogens is 3. The van der Waals surface area contributed by atoms with Gasteiger partial charge in [-0.15, -0.1) is 0 Å². The number of anilines is 3. The zero-order chi connectivity index (χ0) is 19.3. The number of nitrogens with one attached hydrogen (secondary N) is 2. The summed E-state index contributed by atoms with van der Waals surface area (Å²) in [6.45, 7) is 5.16. The minimum absolute atomic E-state index is 0.200. The van der Waals surface area contributed by atoms with Crippen molar-refractivity contribution in [3.63, 3.8) is 0 Å². The highest BCUT2D eigenvalue weighted by Crippen LogP contribution is 2.33. The zero-order valence-electron chi connectivity index (χ0n) is 15.7. The van der Waals surface area contributed by atoms with Crippen LogP contribution in [0.25, 0.3) is 0 Å². The quantitative estimate of drug-likeness (QED) is 0.713. The van der Waals surface area contributed by atoms with Crippen molar-refractivity contribution in [2.24, 2.45) is 0 Å². The number of piperidine rings is 1. The number of hydrogen-bond donors (Lipinski definition) is 3. The van der Waals surface area contributed by atoms with E-state index in [0.29, 0.717) is 35.1 Å². The minimum Gasteiger partial charge on any atom is -0.383 e. The van der Waals surface area contributed by atoms with Crippen LogP contribution in [0, 0.1) is 13.8 Å². The van der Waals surface area contributed by atoms with Crippen molar-refractivity contribution in [2.45, 2.75) is 32.4 Å². The van der Waals surface area contributed by atoms with Crippen molar-refractivity contribution in [1.29, 1.82) is 0 Å². The van der Waals surface area contributed by atoms with Crippen molar-refractivity contribution in [1.82, 2.24) is 24.8 Å². The second kappa shape index (κ2) is 6.05. The Labute approximate surface area is 156 Å². The highest BCUT2D eigenvalue weighted by molar-refractivity contribution is 5.97. The van der Waals surface area contributed by atoms with Crippen LogP contribution in [0.4, 0.5) is 17.3 Å². The summed E-state index contributed by atoms with van der Waals surface area (Å²) in [5.74, 6) is 0.633. The first-order chi connectivity index (χ1) is 12.8. The molecular formula is C18H23N7O2. The van der Waals surface area contributed by atoms with E-state index in [4.69, 9.17) is 5.73 Å². The summed E-state index contributed by atoms with van der Waals surface area (Å²) in [5.41, 5.74) is 7.08. The van der Waals surface area contributed by atoms with E-state index in [1.54, 1.807) is 17.6 Å². The van der Waals surface area contributed by atoms with E-state index in [2.05, 4.69) is 25.5 Å². The number of carbonyl (C=O) groups is 1. The summed E-state index contributed by atoms with van der Waals surface area (Å²) in [6.07, 6.45) is 2.98. The number of aryl methyl sites for hydroxylation is 1. The zero-order valence-corrected chi connectivity index (χ0v) is 15.7. The largest absolute Gasteiger partial charge is 0.383 e. The lowest BCUT2D eigenvalue weighted by atomic mass is 9.98. The SMILES string of the molecule is Cc1cc(Nc2ncnc(N)c2C)c(=O)n2c1C(=O)N[C@@]21CCCN(C)C1. The molecule has 1 amide bonds. The van der Waals surface area contributed by atoms with Gasteiger partial charge < -0.3 is 21.3 Å². The molecule has 142 valence electrons. The molecule has 4 rings (SSSR count). The number of nitrogens with zero attached hydrogens (tertiary/aromatic N) is 4. The van der Waals surface area contributed by atoms with Crippen molar-refractivity contribution in [3.8, 4) is 0 Å². The third-order valence-electron chi connectivity index (χ3n) is 5.42. The summed E-state index contributed by atoms with van der Waals surface area (Å²) in [6, 6.07) is 1.69. The average Bonchev–Trinajstić information content (AvgIpc) is 2.88. The molecule has 2 aromatic heterocycles. The van der Waals surface area contributed by atoms with Crippen LogP contribution in [-0.4, -0.2) is 45.5 Å². The van der Waals surface area contributed by atoms with Crippen molar-refractivity contribution in [3.05, 3.63) is 39.6 Å². The fraction of sp³-hybridized carbons (Fsp3) is 0.444. The maximum absolute atomic E-state index is 13.4. The number of pyridine rings is 1. The number of amides is 1. The van der Waals surface area contributed by atoms with Gasteiger partial charge in [-0.25, -0.2) is 9.97 Å². The number of rotatable bonds is 2. The van der Waals surface area contributed by atoms with Crippen molar-refractivity contribution in [2.75, 3.05) is 31.2 Å². The first kappa shape index (κ1) is 17.5. The molecule has 0 bridgehead atoms. The van der Waals surface area contributed by atoms with Crippen LogP contribution in [-0.2, 0) is 5.66 Å². The van der Waals surface area contributed by atoms with Gasteiger partial charge in [-0.3, -0.25) is 14.2 Å². The lowest BCUT2D eigenvalue weighted by Gasteiger charge is -2.39. The van der Waals surface area contributed by atoms with Gasteiger partial charge in [0, 0.05) is 12.1 Å². The Hall–Kier alpha value is -2.94. The van der Waals surface area contributed by atoms with Crippen LogP contribution in [0.15, 0.2) is 17.2 Å². The molecule has 1 spiro atoms. The van der Waals surface area contributed by atoms with Gasteiger partial charge in [0.2, 0.25) is 0 Å². The van der Waals surface area contributed by atoms with Crippen molar-refractivity contribution < 1.29 is 4.79 Å². The molecule has 1 saturated heterocycles. The van der Waals surface area contributed by atoms with E-state index in [1.165, 1.54) is 6.33 Å². The normalized spacial score (nSPS) is 22.0. The number of carbonyl (C=O) groups excluding carboxylic acids is 1. The number of likely N-dealkylation sites (N-methyl/N-ethyl adjacent to an activating group) is 1. The van der Waals surface area contributed by atoms with Crippen LogP contribution in [0.2, 0.25) is 0 Å². The summed E-state index contributed by atoms with van der Waals surface area (Å²) < 4.78 is 1.63. The Morgan fingerprint density at radius 2 is 2.07 bits per heavy atom. The number of nitrogen functional groups attached to an aromatic ring is 1. The molecule has 9 nitrogen and oxygen atoms in total. The highest BCUT2D eigenvalue weighted by atomic mass is 16.2. The Morgan fingerprint density at radius 3 is 2.81 bits per heavy atom. The van der Waals surface area contributed by atoms with Gasteiger partial charge in [-0.2, -0.15) is 0 Å². The second-order valence-corrected chi connectivity index (χ2v) is 7.41. The summed E-state index contributed by atoms with van der Waals surface area (Å²) >= 11 is 0. The smallest absolute Gasteiger partial charge is 0.276 e. The van der Waals surface area contributed by atoms with Crippen LogP contribution < -0.4 is 21.9 Å². The summed E-state index contributed by atoms with van der Waals surface area (Å²) in [4.78, 5) is 36.3. The standard InChI is InChI=1S/C18H23N7O2/c1-10-7-12(22-15-11(2)14(19)20-9-21-15)17(27)25-13(10)16(26)23-18(25)5-4-6-24(3)8-18/h7,9H,4-6,8H2,1-3H3,(H,23,26)(H3,19,20,21,22)/t18-/m0/s1. The Kier molecular flexibility index (Phi) is 3.92. The molecule has 2 aromatic rings. The summed E-state index contributed by atoms with van der Waals surface area (Å²) in [5, 5.41) is 6.15. The molecule has 0 radical (unpaired) electrons. The monoisotopic (exact) mass is 369 g/mol. The molecule has 1 fully saturated rings. The molecule has 4 heterocycles. The molecule has 2 aliphatic heterocycles. The van der Waals surface area contributed by atoms with Gasteiger partial charge in [0.1, 0.15) is 35.0 Å². The van der Waals surface area contributed by atoms with Crippen LogP contribution >= 0.6 is 0 Å². The molecule has 2 aliphatic rings. The number of nitrogens with two attached hydrogens (primary N) is 1. The first-order valence-corrected chi connectivity index (χ1v) is 8.95. The lowest BCUT2D eigenvalue weighted by Crippen LogP contribution is -2.57. The number of hydrogen-bond acceptors (Lipinski definition) is 7. The number of fused-ring (bicyclic) bond motifs is 2. The molecule has 27 heavy (non-hydrogen) atoms. The molecule has 0 saturated carbocycles. The van der Waals surface area contributed by atoms with Crippen LogP contribution in [0.1, 0.15) is 34.5 Å². The second-order valence-electron chi connectivity index (χ2n) is 7.41. The van der Waals surface area contributed by atoms with E-state index < -0.39 is 5.66 Å². The average molecular weight is 369 g/mol. The molecule has 4 N–H and O–H groups in total. The van der Waals surface area contributed by atoms with E-state index in [1.807, 2.05) is 14.0 Å². The molecule has 9 heteroatoms. The highest BCUT2D eigenvalue weighted by Gasteiger charge is 2.46. The topological polar surface area (TPSA) is 118 Å². The summed E-state index contributed by atoms with van der Waals surface area (Å²) in [7, 11) is 2.00. The third-order valence-corrected chi connectivity index (χ3v) is 5.42. The maximum Gasteiger partial charge on any atom is 0.276 e. The van der Waals surface area contributed by atoms with E-state index in [-0.39, 0.29) is 11.5 Å². The maximum atomic E-state index is 13.4. The predicted molar refractivity (Wildman–Crippen MR) is 102 cm³/mol. The predicted octanol–water partition coefficient (Wildman–Crippen LogP) is 0.703. The first-order valence-electron chi connectivity index (χ1n) is 8.95. The van der Waals surface area contributed by atoms with Crippen LogP contribution in [0.3, 0.4) is 0 Å². The lowest BCUT2D eigenvalue weighted by molar-refractivity contribution is 0.0755. The third kappa shape index (κ3) is 2.66. The Bertz CT molecular complexity index is 1000. The fourth-order valence-electron chi connectivity index (χ4n) is 4.10.